The Labute approximate surface area is 206 Å². The van der Waals surface area contributed by atoms with Crippen molar-refractivity contribution in [3.63, 3.8) is 0 Å². The SMILES string of the molecule is CCNC(=NCC(C)(O)c1cccs1)NCC(c1ccc(OC)c(OC)c1)N(C)C.I. The van der Waals surface area contributed by atoms with Crippen LogP contribution in [0.25, 0.3) is 0 Å². The quantitative estimate of drug-likeness (QED) is 0.234. The highest BCUT2D eigenvalue weighted by molar-refractivity contribution is 14.0. The van der Waals surface area contributed by atoms with Crippen molar-refractivity contribution in [3.8, 4) is 11.5 Å². The van der Waals surface area contributed by atoms with Crippen molar-refractivity contribution in [2.75, 3.05) is 47.9 Å². The van der Waals surface area contributed by atoms with E-state index in [1.54, 1.807) is 21.1 Å². The standard InChI is InChI=1S/C22H34N4O3S.HI/c1-7-23-21(25-15-22(2,27)20-9-8-12-30-20)24-14-17(26(3)4)16-10-11-18(28-5)19(13-16)29-6;/h8-13,17,27H,7,14-15H2,1-6H3,(H2,23,24,25);1H. The molecule has 0 saturated carbocycles. The molecule has 1 aromatic carbocycles. The van der Waals surface area contributed by atoms with Crippen LogP contribution in [0.15, 0.2) is 40.7 Å². The van der Waals surface area contributed by atoms with E-state index in [0.717, 1.165) is 17.0 Å². The Kier molecular flexibility index (Phi) is 11.6. The summed E-state index contributed by atoms with van der Waals surface area (Å²) in [5.41, 5.74) is 0.104. The molecule has 7 nitrogen and oxygen atoms in total. The van der Waals surface area contributed by atoms with Crippen molar-refractivity contribution in [2.45, 2.75) is 25.5 Å². The molecule has 0 aliphatic rings. The summed E-state index contributed by atoms with van der Waals surface area (Å²) in [6.45, 7) is 5.45. The summed E-state index contributed by atoms with van der Waals surface area (Å²) >= 11 is 1.53. The minimum atomic E-state index is -0.999. The normalized spacial score (nSPS) is 14.4. The number of rotatable bonds is 10. The van der Waals surface area contributed by atoms with Crippen LogP contribution in [0.3, 0.4) is 0 Å². The van der Waals surface area contributed by atoms with Crippen LogP contribution in [0.1, 0.15) is 30.3 Å². The molecule has 174 valence electrons. The second kappa shape index (κ2) is 13.1. The number of nitrogens with one attached hydrogen (secondary N) is 2. The maximum atomic E-state index is 10.8. The summed E-state index contributed by atoms with van der Waals surface area (Å²) in [6.07, 6.45) is 0. The molecule has 0 aliphatic heterocycles. The van der Waals surface area contributed by atoms with E-state index in [4.69, 9.17) is 9.47 Å². The lowest BCUT2D eigenvalue weighted by Gasteiger charge is -2.27. The Morgan fingerprint density at radius 3 is 2.45 bits per heavy atom. The fourth-order valence-corrected chi connectivity index (χ4v) is 3.87. The van der Waals surface area contributed by atoms with Crippen LogP contribution < -0.4 is 20.1 Å². The van der Waals surface area contributed by atoms with Crippen LogP contribution in [0.5, 0.6) is 11.5 Å². The Morgan fingerprint density at radius 1 is 1.19 bits per heavy atom. The van der Waals surface area contributed by atoms with Gasteiger partial charge in [0, 0.05) is 18.0 Å². The maximum Gasteiger partial charge on any atom is 0.191 e. The minimum Gasteiger partial charge on any atom is -0.493 e. The summed E-state index contributed by atoms with van der Waals surface area (Å²) in [6, 6.07) is 9.91. The molecular weight excluding hydrogens is 527 g/mol. The number of ether oxygens (including phenoxy) is 2. The van der Waals surface area contributed by atoms with Gasteiger partial charge in [0.25, 0.3) is 0 Å². The van der Waals surface area contributed by atoms with Crippen LogP contribution in [0, 0.1) is 0 Å². The van der Waals surface area contributed by atoms with Gasteiger partial charge in [-0.3, -0.25) is 0 Å². The molecule has 0 fully saturated rings. The monoisotopic (exact) mass is 562 g/mol. The maximum absolute atomic E-state index is 10.8. The molecule has 31 heavy (non-hydrogen) atoms. The van der Waals surface area contributed by atoms with E-state index >= 15 is 0 Å². The first-order valence-electron chi connectivity index (χ1n) is 9.99. The third-order valence-electron chi connectivity index (χ3n) is 4.82. The zero-order valence-electron chi connectivity index (χ0n) is 19.1. The minimum absolute atomic E-state index is 0. The predicted octanol–water partition coefficient (Wildman–Crippen LogP) is 3.45. The van der Waals surface area contributed by atoms with Crippen molar-refractivity contribution < 1.29 is 14.6 Å². The van der Waals surface area contributed by atoms with E-state index in [0.29, 0.717) is 24.0 Å². The summed E-state index contributed by atoms with van der Waals surface area (Å²) < 4.78 is 10.8. The Balaban J connectivity index is 0.00000480. The lowest BCUT2D eigenvalue weighted by atomic mass is 10.0. The molecule has 9 heteroatoms. The molecule has 2 unspecified atom stereocenters. The van der Waals surface area contributed by atoms with Gasteiger partial charge < -0.3 is 30.1 Å². The van der Waals surface area contributed by atoms with Crippen LogP contribution in [-0.4, -0.2) is 63.9 Å². The second-order valence-corrected chi connectivity index (χ2v) is 8.37. The lowest BCUT2D eigenvalue weighted by molar-refractivity contribution is 0.0711. The van der Waals surface area contributed by atoms with Crippen molar-refractivity contribution >= 4 is 41.3 Å². The van der Waals surface area contributed by atoms with Gasteiger partial charge >= 0.3 is 0 Å². The van der Waals surface area contributed by atoms with Crippen molar-refractivity contribution in [2.24, 2.45) is 4.99 Å². The number of likely N-dealkylation sites (N-methyl/N-ethyl adjacent to an activating group) is 1. The van der Waals surface area contributed by atoms with Gasteiger partial charge in [-0.15, -0.1) is 35.3 Å². The van der Waals surface area contributed by atoms with Gasteiger partial charge in [-0.2, -0.15) is 0 Å². The first kappa shape index (κ1) is 27.5. The van der Waals surface area contributed by atoms with Crippen LogP contribution in [-0.2, 0) is 5.60 Å². The Morgan fingerprint density at radius 2 is 1.90 bits per heavy atom. The zero-order valence-corrected chi connectivity index (χ0v) is 22.3. The van der Waals surface area contributed by atoms with E-state index in [-0.39, 0.29) is 36.6 Å². The number of methoxy groups -OCH3 is 2. The largest absolute Gasteiger partial charge is 0.493 e. The Bertz CT molecular complexity index is 813. The number of thiophene rings is 1. The highest BCUT2D eigenvalue weighted by atomic mass is 127. The molecule has 0 radical (unpaired) electrons. The molecule has 2 aromatic rings. The molecule has 3 N–H and O–H groups in total. The van der Waals surface area contributed by atoms with E-state index in [1.165, 1.54) is 11.3 Å². The van der Waals surface area contributed by atoms with Gasteiger partial charge in [0.2, 0.25) is 0 Å². The molecule has 2 rings (SSSR count). The van der Waals surface area contributed by atoms with Gasteiger partial charge in [0.05, 0.1) is 26.8 Å². The van der Waals surface area contributed by atoms with E-state index in [2.05, 4.69) is 20.5 Å². The van der Waals surface area contributed by atoms with Gasteiger partial charge in [0.1, 0.15) is 5.60 Å². The fraction of sp³-hybridized carbons (Fsp3) is 0.500. The number of aliphatic imine (C=N–C) groups is 1. The van der Waals surface area contributed by atoms with E-state index in [1.807, 2.05) is 56.7 Å². The highest BCUT2D eigenvalue weighted by Gasteiger charge is 2.24. The number of benzene rings is 1. The van der Waals surface area contributed by atoms with Crippen LogP contribution >= 0.6 is 35.3 Å². The van der Waals surface area contributed by atoms with Crippen molar-refractivity contribution in [1.29, 1.82) is 0 Å². The number of nitrogens with zero attached hydrogens (tertiary/aromatic N) is 2. The van der Waals surface area contributed by atoms with Gasteiger partial charge in [0.15, 0.2) is 17.5 Å². The molecule has 0 bridgehead atoms. The summed E-state index contributed by atoms with van der Waals surface area (Å²) in [5, 5.41) is 19.4. The first-order chi connectivity index (χ1) is 14.3. The van der Waals surface area contributed by atoms with Gasteiger partial charge in [-0.25, -0.2) is 4.99 Å². The van der Waals surface area contributed by atoms with Crippen molar-refractivity contribution in [3.05, 3.63) is 46.2 Å². The summed E-state index contributed by atoms with van der Waals surface area (Å²) in [5.74, 6) is 2.08. The number of hydrogen-bond acceptors (Lipinski definition) is 6. The van der Waals surface area contributed by atoms with E-state index in [9.17, 15) is 5.11 Å². The zero-order chi connectivity index (χ0) is 22.1. The lowest BCUT2D eigenvalue weighted by Crippen LogP contribution is -2.42. The van der Waals surface area contributed by atoms with Crippen LogP contribution in [0.2, 0.25) is 0 Å². The third-order valence-corrected chi connectivity index (χ3v) is 5.94. The highest BCUT2D eigenvalue weighted by Crippen LogP contribution is 2.31. The molecule has 0 saturated heterocycles. The number of aliphatic hydroxyl groups is 1. The average Bonchev–Trinajstić information content (AvgIpc) is 3.27. The predicted molar refractivity (Wildman–Crippen MR) is 139 cm³/mol. The molecule has 0 aliphatic carbocycles. The van der Waals surface area contributed by atoms with Crippen molar-refractivity contribution in [1.82, 2.24) is 15.5 Å². The number of halogens is 1. The molecule has 2 atom stereocenters. The number of guanidine groups is 1. The van der Waals surface area contributed by atoms with Crippen LogP contribution in [0.4, 0.5) is 0 Å². The summed E-state index contributed by atoms with van der Waals surface area (Å²) in [4.78, 5) is 7.66. The summed E-state index contributed by atoms with van der Waals surface area (Å²) in [7, 11) is 7.34. The topological polar surface area (TPSA) is 78.4 Å². The average molecular weight is 563 g/mol. The molecule has 1 heterocycles. The van der Waals surface area contributed by atoms with Gasteiger partial charge in [-0.1, -0.05) is 12.1 Å². The Hall–Kier alpha value is -1.56. The third kappa shape index (κ3) is 7.81. The smallest absolute Gasteiger partial charge is 0.191 e. The first-order valence-corrected chi connectivity index (χ1v) is 10.9. The molecule has 0 spiro atoms. The fourth-order valence-electron chi connectivity index (χ4n) is 3.09. The molecule has 1 aromatic heterocycles. The van der Waals surface area contributed by atoms with Gasteiger partial charge in [-0.05, 0) is 57.1 Å². The molecule has 0 amide bonds. The molecular formula is C22H35IN4O3S. The number of hydrogen-bond donors (Lipinski definition) is 3. The van der Waals surface area contributed by atoms with E-state index < -0.39 is 5.60 Å². The second-order valence-electron chi connectivity index (χ2n) is 7.42.